The van der Waals surface area contributed by atoms with Crippen molar-refractivity contribution in [2.24, 2.45) is 0 Å². The van der Waals surface area contributed by atoms with Crippen molar-refractivity contribution in [3.63, 3.8) is 0 Å². The highest BCUT2D eigenvalue weighted by molar-refractivity contribution is 8.00. The molecule has 20 heavy (non-hydrogen) atoms. The van der Waals surface area contributed by atoms with Crippen molar-refractivity contribution < 1.29 is 9.18 Å². The monoisotopic (exact) mass is 295 g/mol. The van der Waals surface area contributed by atoms with Crippen LogP contribution in [-0.2, 0) is 4.79 Å². The Labute approximate surface area is 124 Å². The maximum Gasteiger partial charge on any atom is 0.232 e. The van der Waals surface area contributed by atoms with Gasteiger partial charge in [-0.05, 0) is 37.1 Å². The zero-order valence-electron chi connectivity index (χ0n) is 12.0. The average molecular weight is 295 g/mol. The van der Waals surface area contributed by atoms with Gasteiger partial charge >= 0.3 is 0 Å². The van der Waals surface area contributed by atoms with Gasteiger partial charge in [-0.15, -0.1) is 11.8 Å². The van der Waals surface area contributed by atoms with Gasteiger partial charge in [0.2, 0.25) is 5.91 Å². The number of amides is 1. The minimum atomic E-state index is -0.240. The van der Waals surface area contributed by atoms with Crippen LogP contribution >= 0.6 is 11.8 Å². The van der Waals surface area contributed by atoms with Crippen LogP contribution in [-0.4, -0.2) is 29.6 Å². The maximum atomic E-state index is 12.8. The fraction of sp³-hybridized carbons (Fsp3) is 0.562. The first-order chi connectivity index (χ1) is 9.66. The molecular weight excluding hydrogens is 273 g/mol. The van der Waals surface area contributed by atoms with Gasteiger partial charge in [-0.1, -0.05) is 25.7 Å². The van der Waals surface area contributed by atoms with Gasteiger partial charge in [-0.2, -0.15) is 0 Å². The van der Waals surface area contributed by atoms with Crippen molar-refractivity contribution in [1.82, 2.24) is 4.90 Å². The lowest BCUT2D eigenvalue weighted by molar-refractivity contribution is -0.129. The number of carbonyl (C=O) groups excluding carboxylic acids is 1. The van der Waals surface area contributed by atoms with Crippen LogP contribution in [0.1, 0.15) is 38.5 Å². The summed E-state index contributed by atoms with van der Waals surface area (Å²) in [6.45, 7) is 0. The third-order valence-corrected chi connectivity index (χ3v) is 4.94. The van der Waals surface area contributed by atoms with Crippen LogP contribution in [0.2, 0.25) is 0 Å². The minimum Gasteiger partial charge on any atom is -0.342 e. The molecule has 1 aromatic rings. The van der Waals surface area contributed by atoms with Gasteiger partial charge in [0.25, 0.3) is 0 Å². The molecule has 1 aliphatic carbocycles. The lowest BCUT2D eigenvalue weighted by Gasteiger charge is -2.27. The topological polar surface area (TPSA) is 20.3 Å². The van der Waals surface area contributed by atoms with E-state index in [0.717, 1.165) is 17.7 Å². The Morgan fingerprint density at radius 3 is 2.40 bits per heavy atom. The molecule has 1 saturated carbocycles. The highest BCUT2D eigenvalue weighted by Gasteiger charge is 2.20. The highest BCUT2D eigenvalue weighted by Crippen LogP contribution is 2.23. The SMILES string of the molecule is CN(C(=O)CSc1ccc(F)cc1)C1CCCCCC1. The number of halogens is 1. The van der Waals surface area contributed by atoms with Gasteiger partial charge in [-0.25, -0.2) is 4.39 Å². The molecule has 0 bridgehead atoms. The van der Waals surface area contributed by atoms with E-state index in [1.54, 1.807) is 12.1 Å². The van der Waals surface area contributed by atoms with Crippen molar-refractivity contribution in [1.29, 1.82) is 0 Å². The Bertz CT molecular complexity index is 427. The smallest absolute Gasteiger partial charge is 0.232 e. The predicted octanol–water partition coefficient (Wildman–Crippen LogP) is 4.10. The van der Waals surface area contributed by atoms with E-state index in [2.05, 4.69) is 0 Å². The van der Waals surface area contributed by atoms with Crippen LogP contribution in [0, 0.1) is 5.82 Å². The number of hydrogen-bond donors (Lipinski definition) is 0. The summed E-state index contributed by atoms with van der Waals surface area (Å²) in [4.78, 5) is 15.1. The van der Waals surface area contributed by atoms with Crippen LogP contribution < -0.4 is 0 Å². The summed E-state index contributed by atoms with van der Waals surface area (Å²) in [7, 11) is 1.92. The van der Waals surface area contributed by atoms with Crippen molar-refractivity contribution in [2.75, 3.05) is 12.8 Å². The summed E-state index contributed by atoms with van der Waals surface area (Å²) >= 11 is 1.48. The van der Waals surface area contributed by atoms with Gasteiger partial charge in [0.05, 0.1) is 5.75 Å². The molecule has 4 heteroatoms. The first kappa shape index (κ1) is 15.4. The number of nitrogens with zero attached hydrogens (tertiary/aromatic N) is 1. The molecule has 1 amide bonds. The lowest BCUT2D eigenvalue weighted by Crippen LogP contribution is -2.37. The van der Waals surface area contributed by atoms with Gasteiger partial charge < -0.3 is 4.90 Å². The summed E-state index contributed by atoms with van der Waals surface area (Å²) in [6, 6.07) is 6.71. The van der Waals surface area contributed by atoms with E-state index in [-0.39, 0.29) is 11.7 Å². The molecule has 1 aromatic carbocycles. The zero-order valence-corrected chi connectivity index (χ0v) is 12.8. The van der Waals surface area contributed by atoms with Gasteiger partial charge in [0.1, 0.15) is 5.82 Å². The van der Waals surface area contributed by atoms with Crippen molar-refractivity contribution in [3.05, 3.63) is 30.1 Å². The second-order valence-electron chi connectivity index (χ2n) is 5.39. The normalized spacial score (nSPS) is 16.7. The standard InChI is InChI=1S/C16H22FNOS/c1-18(14-6-4-2-3-5-7-14)16(19)12-20-15-10-8-13(17)9-11-15/h8-11,14H,2-7,12H2,1H3. The van der Waals surface area contributed by atoms with Gasteiger partial charge in [0.15, 0.2) is 0 Å². The number of rotatable bonds is 4. The third-order valence-electron chi connectivity index (χ3n) is 3.94. The molecule has 0 unspecified atom stereocenters. The molecule has 0 atom stereocenters. The summed E-state index contributed by atoms with van der Waals surface area (Å²) < 4.78 is 12.8. The Morgan fingerprint density at radius 1 is 1.20 bits per heavy atom. The molecule has 2 rings (SSSR count). The molecule has 0 aliphatic heterocycles. The van der Waals surface area contributed by atoms with E-state index in [9.17, 15) is 9.18 Å². The van der Waals surface area contributed by atoms with Crippen molar-refractivity contribution in [3.8, 4) is 0 Å². The highest BCUT2D eigenvalue weighted by atomic mass is 32.2. The number of benzene rings is 1. The van der Waals surface area contributed by atoms with E-state index < -0.39 is 0 Å². The van der Waals surface area contributed by atoms with E-state index in [1.165, 1.54) is 49.6 Å². The van der Waals surface area contributed by atoms with Crippen molar-refractivity contribution in [2.45, 2.75) is 49.5 Å². The Hall–Kier alpha value is -1.03. The van der Waals surface area contributed by atoms with Crippen molar-refractivity contribution >= 4 is 17.7 Å². The second-order valence-corrected chi connectivity index (χ2v) is 6.44. The first-order valence-electron chi connectivity index (χ1n) is 7.31. The quantitative estimate of drug-likeness (QED) is 0.616. The summed E-state index contributed by atoms with van der Waals surface area (Å²) in [6.07, 6.45) is 7.30. The molecular formula is C16H22FNOS. The first-order valence-corrected chi connectivity index (χ1v) is 8.29. The molecule has 0 saturated heterocycles. The molecule has 0 spiro atoms. The van der Waals surface area contributed by atoms with E-state index in [1.807, 2.05) is 11.9 Å². The maximum absolute atomic E-state index is 12.8. The molecule has 0 radical (unpaired) electrons. The molecule has 0 aromatic heterocycles. The van der Waals surface area contributed by atoms with Crippen LogP contribution in [0.5, 0.6) is 0 Å². The second kappa shape index (κ2) is 7.67. The molecule has 110 valence electrons. The van der Waals surface area contributed by atoms with Crippen LogP contribution in [0.4, 0.5) is 4.39 Å². The van der Waals surface area contributed by atoms with E-state index in [0.29, 0.717) is 11.8 Å². The molecule has 0 heterocycles. The van der Waals surface area contributed by atoms with Crippen LogP contribution in [0.15, 0.2) is 29.2 Å². The minimum absolute atomic E-state index is 0.172. The largest absolute Gasteiger partial charge is 0.342 e. The molecule has 2 nitrogen and oxygen atoms in total. The van der Waals surface area contributed by atoms with Gasteiger partial charge in [0, 0.05) is 18.0 Å². The Morgan fingerprint density at radius 2 is 1.80 bits per heavy atom. The fourth-order valence-corrected chi connectivity index (χ4v) is 3.45. The molecule has 0 N–H and O–H groups in total. The number of hydrogen-bond acceptors (Lipinski definition) is 2. The predicted molar refractivity (Wildman–Crippen MR) is 81.4 cm³/mol. The summed E-state index contributed by atoms with van der Waals surface area (Å²) in [5.74, 6) is 0.362. The van der Waals surface area contributed by atoms with Gasteiger partial charge in [-0.3, -0.25) is 4.79 Å². The molecule has 1 fully saturated rings. The number of carbonyl (C=O) groups is 1. The van der Waals surface area contributed by atoms with E-state index >= 15 is 0 Å². The zero-order chi connectivity index (χ0) is 14.4. The fourth-order valence-electron chi connectivity index (χ4n) is 2.63. The average Bonchev–Trinajstić information content (AvgIpc) is 2.74. The van der Waals surface area contributed by atoms with E-state index in [4.69, 9.17) is 0 Å². The summed E-state index contributed by atoms with van der Waals surface area (Å²) in [5.41, 5.74) is 0. The summed E-state index contributed by atoms with van der Waals surface area (Å²) in [5, 5.41) is 0. The van der Waals surface area contributed by atoms with Crippen LogP contribution in [0.3, 0.4) is 0 Å². The van der Waals surface area contributed by atoms with Crippen LogP contribution in [0.25, 0.3) is 0 Å². The third kappa shape index (κ3) is 4.51. The Kier molecular flexibility index (Phi) is 5.89. The lowest BCUT2D eigenvalue weighted by atomic mass is 10.1. The Balaban J connectivity index is 1.82. The molecule has 1 aliphatic rings. The number of thioether (sulfide) groups is 1.